The maximum absolute atomic E-state index is 8.89. The Kier molecular flexibility index (Phi) is 6.37. The SMILES string of the molecule is N#CNC1CC2(CCN(Cc3ccc(-n4c(-c5cccnc5N)nc5ccc(-c6ccccc6)nc54)cc3)CC2)C1. The Bertz CT molecular complexity index is 1720. The fourth-order valence-corrected chi connectivity index (χ4v) is 6.54. The molecule has 0 bridgehead atoms. The first-order valence-electron chi connectivity index (χ1n) is 14.2. The standard InChI is InChI=1S/C33H32N8/c34-22-37-25-19-33(20-25)14-17-40(18-15-33)21-23-8-10-26(11-9-23)41-31(27-7-4-16-36-30(27)35)39-29-13-12-28(38-32(29)41)24-5-2-1-3-6-24/h1-13,16,25,37H,14-15,17-21H2,(H2,35,36). The summed E-state index contributed by atoms with van der Waals surface area (Å²) in [5.74, 6) is 1.16. The Morgan fingerprint density at radius 1 is 0.927 bits per heavy atom. The van der Waals surface area contributed by atoms with Crippen LogP contribution in [0.25, 0.3) is 39.5 Å². The fourth-order valence-electron chi connectivity index (χ4n) is 6.54. The monoisotopic (exact) mass is 540 g/mol. The number of nitrogens with two attached hydrogens (primary N) is 1. The molecule has 0 atom stereocenters. The Balaban J connectivity index is 1.17. The van der Waals surface area contributed by atoms with Crippen LogP contribution in [0.5, 0.6) is 0 Å². The lowest BCUT2D eigenvalue weighted by Crippen LogP contribution is -2.52. The van der Waals surface area contributed by atoms with Crippen LogP contribution >= 0.6 is 0 Å². The zero-order valence-electron chi connectivity index (χ0n) is 22.9. The molecule has 0 amide bonds. The highest BCUT2D eigenvalue weighted by Crippen LogP contribution is 2.49. The zero-order valence-corrected chi connectivity index (χ0v) is 22.9. The number of likely N-dealkylation sites (tertiary alicyclic amines) is 1. The number of piperidine rings is 1. The molecule has 1 aliphatic carbocycles. The molecule has 1 aliphatic heterocycles. The number of fused-ring (bicyclic) bond motifs is 1. The number of nitrogens with zero attached hydrogens (tertiary/aromatic N) is 6. The molecule has 7 rings (SSSR count). The molecule has 41 heavy (non-hydrogen) atoms. The van der Waals surface area contributed by atoms with Crippen molar-refractivity contribution in [3.05, 3.63) is 90.6 Å². The van der Waals surface area contributed by atoms with Gasteiger partial charge in [-0.2, -0.15) is 5.26 Å². The van der Waals surface area contributed by atoms with Crippen LogP contribution in [0.2, 0.25) is 0 Å². The van der Waals surface area contributed by atoms with E-state index in [9.17, 15) is 0 Å². The van der Waals surface area contributed by atoms with Crippen molar-refractivity contribution in [1.29, 1.82) is 5.26 Å². The second kappa shape index (κ2) is 10.3. The minimum absolute atomic E-state index is 0.378. The van der Waals surface area contributed by atoms with E-state index >= 15 is 0 Å². The molecular formula is C33H32N8. The molecule has 8 nitrogen and oxygen atoms in total. The number of rotatable bonds is 6. The van der Waals surface area contributed by atoms with Crippen LogP contribution in [0.3, 0.4) is 0 Å². The van der Waals surface area contributed by atoms with E-state index in [0.29, 0.717) is 17.3 Å². The highest BCUT2D eigenvalue weighted by Gasteiger charge is 2.45. The molecule has 2 aromatic carbocycles. The van der Waals surface area contributed by atoms with Gasteiger partial charge in [0.1, 0.15) is 11.3 Å². The van der Waals surface area contributed by atoms with Gasteiger partial charge in [0.25, 0.3) is 0 Å². The smallest absolute Gasteiger partial charge is 0.176 e. The second-order valence-corrected chi connectivity index (χ2v) is 11.4. The summed E-state index contributed by atoms with van der Waals surface area (Å²) < 4.78 is 2.09. The van der Waals surface area contributed by atoms with E-state index in [-0.39, 0.29) is 0 Å². The topological polar surface area (TPSA) is 109 Å². The van der Waals surface area contributed by atoms with Crippen LogP contribution in [0.1, 0.15) is 31.2 Å². The van der Waals surface area contributed by atoms with Crippen LogP contribution in [-0.2, 0) is 6.54 Å². The van der Waals surface area contributed by atoms with Crippen molar-refractivity contribution >= 4 is 17.0 Å². The lowest BCUT2D eigenvalue weighted by molar-refractivity contribution is 0.00849. The van der Waals surface area contributed by atoms with Gasteiger partial charge in [-0.3, -0.25) is 9.47 Å². The number of aromatic nitrogens is 4. The lowest BCUT2D eigenvalue weighted by Gasteiger charge is -2.51. The predicted octanol–water partition coefficient (Wildman–Crippen LogP) is 5.55. The first kappa shape index (κ1) is 25.2. The number of hydrogen-bond donors (Lipinski definition) is 2. The quantitative estimate of drug-likeness (QED) is 0.215. The fraction of sp³-hybridized carbons (Fsp3) is 0.273. The number of nitrogen functional groups attached to an aromatic ring is 1. The molecule has 4 heterocycles. The lowest BCUT2D eigenvalue weighted by atomic mass is 9.60. The van der Waals surface area contributed by atoms with E-state index in [1.54, 1.807) is 6.20 Å². The summed E-state index contributed by atoms with van der Waals surface area (Å²) in [7, 11) is 0. The van der Waals surface area contributed by atoms with E-state index in [2.05, 4.69) is 62.4 Å². The van der Waals surface area contributed by atoms with Crippen LogP contribution in [0.4, 0.5) is 5.82 Å². The third kappa shape index (κ3) is 4.79. The molecule has 3 N–H and O–H groups in total. The maximum atomic E-state index is 8.89. The number of nitrogens with one attached hydrogen (secondary N) is 1. The van der Waals surface area contributed by atoms with Gasteiger partial charge in [-0.15, -0.1) is 0 Å². The molecule has 0 unspecified atom stereocenters. The summed E-state index contributed by atoms with van der Waals surface area (Å²) in [6.07, 6.45) is 8.48. The molecule has 8 heteroatoms. The van der Waals surface area contributed by atoms with Crippen molar-refractivity contribution in [2.24, 2.45) is 5.41 Å². The molecule has 5 aromatic rings. The highest BCUT2D eigenvalue weighted by molar-refractivity contribution is 5.84. The number of hydrogen-bond acceptors (Lipinski definition) is 7. The average Bonchev–Trinajstić information content (AvgIpc) is 3.37. The first-order chi connectivity index (χ1) is 20.1. The average molecular weight is 541 g/mol. The highest BCUT2D eigenvalue weighted by atomic mass is 15.1. The van der Waals surface area contributed by atoms with Crippen molar-refractivity contribution in [3.63, 3.8) is 0 Å². The van der Waals surface area contributed by atoms with Crippen molar-refractivity contribution in [3.8, 4) is 34.5 Å². The van der Waals surface area contributed by atoms with Gasteiger partial charge in [-0.1, -0.05) is 42.5 Å². The van der Waals surface area contributed by atoms with E-state index in [1.165, 1.54) is 18.4 Å². The summed E-state index contributed by atoms with van der Waals surface area (Å²) >= 11 is 0. The molecule has 1 spiro atoms. The largest absolute Gasteiger partial charge is 0.383 e. The second-order valence-electron chi connectivity index (χ2n) is 11.4. The first-order valence-corrected chi connectivity index (χ1v) is 14.2. The normalized spacial score (nSPS) is 16.9. The molecule has 1 saturated heterocycles. The van der Waals surface area contributed by atoms with Crippen molar-refractivity contribution in [1.82, 2.24) is 29.7 Å². The summed E-state index contributed by atoms with van der Waals surface area (Å²) in [6.45, 7) is 3.13. The van der Waals surface area contributed by atoms with Gasteiger partial charge in [0.15, 0.2) is 17.7 Å². The number of pyridine rings is 2. The summed E-state index contributed by atoms with van der Waals surface area (Å²) in [4.78, 5) is 16.9. The molecule has 1 saturated carbocycles. The Labute approximate surface area is 239 Å². The Morgan fingerprint density at radius 3 is 2.44 bits per heavy atom. The van der Waals surface area contributed by atoms with E-state index in [1.807, 2.05) is 42.5 Å². The van der Waals surface area contributed by atoms with Gasteiger partial charge in [0, 0.05) is 30.0 Å². The molecule has 3 aromatic heterocycles. The van der Waals surface area contributed by atoms with Crippen LogP contribution in [-0.4, -0.2) is 43.6 Å². The molecule has 0 radical (unpaired) electrons. The molecule has 2 aliphatic rings. The summed E-state index contributed by atoms with van der Waals surface area (Å²) in [5.41, 5.74) is 13.3. The predicted molar refractivity (Wildman–Crippen MR) is 161 cm³/mol. The van der Waals surface area contributed by atoms with Crippen LogP contribution < -0.4 is 11.1 Å². The van der Waals surface area contributed by atoms with Gasteiger partial charge in [0.05, 0.1) is 11.3 Å². The van der Waals surface area contributed by atoms with Crippen molar-refractivity contribution in [2.75, 3.05) is 18.8 Å². The van der Waals surface area contributed by atoms with Crippen LogP contribution in [0, 0.1) is 16.9 Å². The maximum Gasteiger partial charge on any atom is 0.176 e. The molecular weight excluding hydrogens is 508 g/mol. The number of imidazole rings is 1. The van der Waals surface area contributed by atoms with Crippen LogP contribution in [0.15, 0.2) is 85.1 Å². The van der Waals surface area contributed by atoms with E-state index in [0.717, 1.165) is 72.0 Å². The minimum atomic E-state index is 0.378. The van der Waals surface area contributed by atoms with Crippen molar-refractivity contribution in [2.45, 2.75) is 38.3 Å². The Hall–Kier alpha value is -4.74. The van der Waals surface area contributed by atoms with E-state index in [4.69, 9.17) is 21.0 Å². The minimum Gasteiger partial charge on any atom is -0.383 e. The molecule has 2 fully saturated rings. The van der Waals surface area contributed by atoms with Gasteiger partial charge in [-0.25, -0.2) is 15.0 Å². The number of nitriles is 1. The summed E-state index contributed by atoms with van der Waals surface area (Å²) in [5, 5.41) is 11.8. The van der Waals surface area contributed by atoms with Gasteiger partial charge >= 0.3 is 0 Å². The Morgan fingerprint density at radius 2 is 1.71 bits per heavy atom. The number of benzene rings is 2. The van der Waals surface area contributed by atoms with Crippen molar-refractivity contribution < 1.29 is 0 Å². The van der Waals surface area contributed by atoms with Gasteiger partial charge < -0.3 is 11.1 Å². The number of anilines is 1. The molecule has 204 valence electrons. The van der Waals surface area contributed by atoms with Gasteiger partial charge in [-0.05, 0) is 86.1 Å². The van der Waals surface area contributed by atoms with E-state index < -0.39 is 0 Å². The zero-order chi connectivity index (χ0) is 27.8. The summed E-state index contributed by atoms with van der Waals surface area (Å²) in [6, 6.07) is 27.2. The van der Waals surface area contributed by atoms with Gasteiger partial charge in [0.2, 0.25) is 0 Å². The third-order valence-electron chi connectivity index (χ3n) is 8.80. The third-order valence-corrected chi connectivity index (χ3v) is 8.80.